The van der Waals surface area contributed by atoms with Crippen molar-refractivity contribution in [1.29, 1.82) is 0 Å². The van der Waals surface area contributed by atoms with Crippen molar-refractivity contribution in [3.05, 3.63) is 11.6 Å². The zero-order valence-electron chi connectivity index (χ0n) is 5.32. The number of hydrogen-bond acceptors (Lipinski definition) is 4. The molecule has 0 spiro atoms. The molecular formula is C4H5FN2O2S2. The number of alkyl halides is 1. The van der Waals surface area contributed by atoms with E-state index in [0.717, 1.165) is 11.3 Å². The highest BCUT2D eigenvalue weighted by molar-refractivity contribution is 7.92. The molecular weight excluding hydrogens is 191 g/mol. The van der Waals surface area contributed by atoms with Crippen LogP contribution in [-0.4, -0.2) is 19.4 Å². The Kier molecular flexibility index (Phi) is 2.40. The predicted molar refractivity (Wildman–Crippen MR) is 40.6 cm³/mol. The number of halogens is 1. The maximum absolute atomic E-state index is 11.7. The maximum atomic E-state index is 11.7. The zero-order valence-corrected chi connectivity index (χ0v) is 6.95. The molecule has 0 aromatic carbocycles. The largest absolute Gasteiger partial charge is 0.264 e. The first kappa shape index (κ1) is 8.41. The van der Waals surface area contributed by atoms with E-state index in [2.05, 4.69) is 4.98 Å². The number of sulfonamides is 1. The number of thiazole rings is 1. The van der Waals surface area contributed by atoms with Gasteiger partial charge in [-0.2, -0.15) is 0 Å². The Morgan fingerprint density at radius 2 is 2.45 bits per heavy atom. The lowest BCUT2D eigenvalue weighted by Gasteiger charge is -1.97. The third-order valence-corrected chi connectivity index (χ3v) is 2.43. The first-order valence-electron chi connectivity index (χ1n) is 2.60. The summed E-state index contributed by atoms with van der Waals surface area (Å²) in [7, 11) is -3.81. The van der Waals surface area contributed by atoms with Crippen LogP contribution in [0.1, 0.15) is 0 Å². The number of anilines is 1. The number of hydrogen-bond donors (Lipinski definition) is 1. The van der Waals surface area contributed by atoms with Gasteiger partial charge in [0.1, 0.15) is 0 Å². The molecule has 0 unspecified atom stereocenters. The Balaban J connectivity index is 2.72. The van der Waals surface area contributed by atoms with Gasteiger partial charge in [0.15, 0.2) is 5.13 Å². The summed E-state index contributed by atoms with van der Waals surface area (Å²) in [5.74, 6) is 0. The second-order valence-electron chi connectivity index (χ2n) is 1.66. The second kappa shape index (κ2) is 3.14. The predicted octanol–water partition coefficient (Wildman–Crippen LogP) is 0.812. The van der Waals surface area contributed by atoms with Gasteiger partial charge in [-0.15, -0.1) is 11.3 Å². The minimum atomic E-state index is -3.81. The Morgan fingerprint density at radius 3 is 2.91 bits per heavy atom. The van der Waals surface area contributed by atoms with Gasteiger partial charge in [0.2, 0.25) is 6.01 Å². The highest BCUT2D eigenvalue weighted by Gasteiger charge is 2.09. The van der Waals surface area contributed by atoms with E-state index in [9.17, 15) is 12.8 Å². The fourth-order valence-electron chi connectivity index (χ4n) is 0.434. The summed E-state index contributed by atoms with van der Waals surface area (Å²) >= 11 is 1.10. The maximum Gasteiger partial charge on any atom is 0.264 e. The van der Waals surface area contributed by atoms with Gasteiger partial charge in [0.25, 0.3) is 10.0 Å². The fourth-order valence-corrected chi connectivity index (χ4v) is 1.75. The lowest BCUT2D eigenvalue weighted by Crippen LogP contribution is -2.13. The number of nitrogens with one attached hydrogen (secondary N) is 1. The molecule has 1 rings (SSSR count). The molecule has 0 aliphatic heterocycles. The molecule has 0 atom stereocenters. The van der Waals surface area contributed by atoms with Gasteiger partial charge in [0.05, 0.1) is 0 Å². The summed E-state index contributed by atoms with van der Waals surface area (Å²) in [6.45, 7) is 0. The van der Waals surface area contributed by atoms with Crippen LogP contribution >= 0.6 is 11.3 Å². The van der Waals surface area contributed by atoms with Crippen LogP contribution in [0.25, 0.3) is 0 Å². The van der Waals surface area contributed by atoms with E-state index in [1.807, 2.05) is 4.72 Å². The van der Waals surface area contributed by atoms with Crippen LogP contribution in [0.5, 0.6) is 0 Å². The lowest BCUT2D eigenvalue weighted by molar-refractivity contribution is 0.538. The van der Waals surface area contributed by atoms with Crippen LogP contribution in [0, 0.1) is 0 Å². The third-order valence-electron chi connectivity index (χ3n) is 0.819. The van der Waals surface area contributed by atoms with Crippen LogP contribution in [0.4, 0.5) is 9.52 Å². The lowest BCUT2D eigenvalue weighted by atomic mass is 11.0. The van der Waals surface area contributed by atoms with Gasteiger partial charge in [0, 0.05) is 11.6 Å². The molecule has 0 saturated heterocycles. The Bertz CT molecular complexity index is 307. The molecule has 0 radical (unpaired) electrons. The summed E-state index contributed by atoms with van der Waals surface area (Å²) in [4.78, 5) is 3.61. The van der Waals surface area contributed by atoms with E-state index < -0.39 is 16.0 Å². The van der Waals surface area contributed by atoms with Crippen molar-refractivity contribution in [2.75, 3.05) is 10.7 Å². The van der Waals surface area contributed by atoms with Gasteiger partial charge in [-0.05, 0) is 0 Å². The minimum absolute atomic E-state index is 0.183. The summed E-state index contributed by atoms with van der Waals surface area (Å²) in [6, 6.07) is -1.42. The quantitative estimate of drug-likeness (QED) is 0.778. The van der Waals surface area contributed by atoms with E-state index in [1.165, 1.54) is 6.20 Å². The number of rotatable bonds is 3. The van der Waals surface area contributed by atoms with Crippen LogP contribution in [0.2, 0.25) is 0 Å². The highest BCUT2D eigenvalue weighted by Crippen LogP contribution is 2.12. The summed E-state index contributed by atoms with van der Waals surface area (Å²) in [5.41, 5.74) is 0. The van der Waals surface area contributed by atoms with E-state index in [-0.39, 0.29) is 5.13 Å². The second-order valence-corrected chi connectivity index (χ2v) is 4.21. The Labute approximate surface area is 67.1 Å². The first-order valence-corrected chi connectivity index (χ1v) is 5.13. The molecule has 1 aromatic rings. The SMILES string of the molecule is O=S(=O)(CF)Nc1nccs1. The molecule has 1 aromatic heterocycles. The average Bonchev–Trinajstić information content (AvgIpc) is 2.39. The van der Waals surface area contributed by atoms with Crippen molar-refractivity contribution in [3.8, 4) is 0 Å². The molecule has 0 aliphatic rings. The molecule has 1 heterocycles. The van der Waals surface area contributed by atoms with E-state index >= 15 is 0 Å². The average molecular weight is 196 g/mol. The Hall–Kier alpha value is -0.690. The highest BCUT2D eigenvalue weighted by atomic mass is 32.2. The van der Waals surface area contributed by atoms with Crippen molar-refractivity contribution in [2.45, 2.75) is 0 Å². The molecule has 7 heteroatoms. The van der Waals surface area contributed by atoms with Crippen LogP contribution in [0.3, 0.4) is 0 Å². The van der Waals surface area contributed by atoms with Crippen LogP contribution in [0.15, 0.2) is 11.6 Å². The third kappa shape index (κ3) is 2.43. The Morgan fingerprint density at radius 1 is 1.73 bits per heavy atom. The number of nitrogens with zero attached hydrogens (tertiary/aromatic N) is 1. The van der Waals surface area contributed by atoms with E-state index in [4.69, 9.17) is 0 Å². The molecule has 4 nitrogen and oxygen atoms in total. The van der Waals surface area contributed by atoms with Crippen molar-refractivity contribution in [3.63, 3.8) is 0 Å². The summed E-state index contributed by atoms with van der Waals surface area (Å²) < 4.78 is 34.7. The molecule has 0 aliphatic carbocycles. The summed E-state index contributed by atoms with van der Waals surface area (Å²) in [5, 5.41) is 1.78. The van der Waals surface area contributed by atoms with Crippen molar-refractivity contribution in [2.24, 2.45) is 0 Å². The van der Waals surface area contributed by atoms with Gasteiger partial charge < -0.3 is 0 Å². The van der Waals surface area contributed by atoms with E-state index in [0.29, 0.717) is 0 Å². The molecule has 62 valence electrons. The molecule has 0 amide bonds. The van der Waals surface area contributed by atoms with Crippen molar-refractivity contribution >= 4 is 26.5 Å². The monoisotopic (exact) mass is 196 g/mol. The number of aromatic nitrogens is 1. The van der Waals surface area contributed by atoms with Crippen molar-refractivity contribution < 1.29 is 12.8 Å². The van der Waals surface area contributed by atoms with Gasteiger partial charge in [-0.1, -0.05) is 0 Å². The fraction of sp³-hybridized carbons (Fsp3) is 0.250. The molecule has 0 fully saturated rings. The zero-order chi connectivity index (χ0) is 8.32. The molecule has 0 bridgehead atoms. The van der Waals surface area contributed by atoms with Crippen LogP contribution < -0.4 is 4.72 Å². The topological polar surface area (TPSA) is 59.1 Å². The van der Waals surface area contributed by atoms with E-state index in [1.54, 1.807) is 5.38 Å². The van der Waals surface area contributed by atoms with Crippen molar-refractivity contribution in [1.82, 2.24) is 4.98 Å². The molecule has 11 heavy (non-hydrogen) atoms. The smallest absolute Gasteiger partial charge is 0.256 e. The van der Waals surface area contributed by atoms with Gasteiger partial charge in [-0.3, -0.25) is 4.72 Å². The minimum Gasteiger partial charge on any atom is -0.256 e. The standard InChI is InChI=1S/C4H5FN2O2S2/c5-3-11(8,9)7-4-6-1-2-10-4/h1-2H,3H2,(H,6,7). The molecule has 0 saturated carbocycles. The summed E-state index contributed by atoms with van der Waals surface area (Å²) in [6.07, 6.45) is 1.43. The normalized spacial score (nSPS) is 11.4. The van der Waals surface area contributed by atoms with Gasteiger partial charge in [-0.25, -0.2) is 17.8 Å². The van der Waals surface area contributed by atoms with Gasteiger partial charge >= 0.3 is 0 Å². The molecule has 1 N–H and O–H groups in total. The first-order chi connectivity index (χ1) is 5.14. The van der Waals surface area contributed by atoms with Crippen LogP contribution in [-0.2, 0) is 10.0 Å².